The zero-order valence-corrected chi connectivity index (χ0v) is 8.73. The van der Waals surface area contributed by atoms with E-state index >= 15 is 0 Å². The Labute approximate surface area is 83.3 Å². The van der Waals surface area contributed by atoms with Crippen molar-refractivity contribution in [1.29, 1.82) is 0 Å². The number of hydrogen-bond donors (Lipinski definition) is 3. The molecule has 0 aromatic rings. The third-order valence-electron chi connectivity index (χ3n) is 3.23. The van der Waals surface area contributed by atoms with Crippen LogP contribution in [-0.2, 0) is 9.47 Å². The number of rotatable bonds is 3. The van der Waals surface area contributed by atoms with Crippen molar-refractivity contribution in [3.8, 4) is 0 Å². The van der Waals surface area contributed by atoms with E-state index in [0.29, 0.717) is 0 Å². The second kappa shape index (κ2) is 3.75. The van der Waals surface area contributed by atoms with Gasteiger partial charge in [0.15, 0.2) is 6.29 Å². The first-order valence-corrected chi connectivity index (χ1v) is 4.59. The molecule has 1 heterocycles. The Morgan fingerprint density at radius 2 is 1.86 bits per heavy atom. The maximum atomic E-state index is 10.0. The van der Waals surface area contributed by atoms with Gasteiger partial charge in [-0.25, -0.2) is 0 Å². The highest BCUT2D eigenvalue weighted by Crippen LogP contribution is 2.43. The Kier molecular flexibility index (Phi) is 3.18. The molecule has 1 aliphatic rings. The zero-order chi connectivity index (χ0) is 11.0. The van der Waals surface area contributed by atoms with Crippen molar-refractivity contribution in [3.63, 3.8) is 0 Å². The third kappa shape index (κ3) is 1.45. The Morgan fingerprint density at radius 3 is 2.07 bits per heavy atom. The van der Waals surface area contributed by atoms with Gasteiger partial charge in [-0.2, -0.15) is 0 Å². The van der Waals surface area contributed by atoms with Crippen LogP contribution in [0.25, 0.3) is 0 Å². The van der Waals surface area contributed by atoms with Gasteiger partial charge in [-0.15, -0.1) is 0 Å². The summed E-state index contributed by atoms with van der Waals surface area (Å²) in [6, 6.07) is 0. The van der Waals surface area contributed by atoms with Gasteiger partial charge >= 0.3 is 0 Å². The molecule has 14 heavy (non-hydrogen) atoms. The average molecular weight is 206 g/mol. The van der Waals surface area contributed by atoms with Gasteiger partial charge in [-0.05, 0) is 6.92 Å². The van der Waals surface area contributed by atoms with E-state index in [1.807, 2.05) is 0 Å². The molecule has 3 N–H and O–H groups in total. The predicted octanol–water partition coefficient (Wildman–Crippen LogP) is -0.900. The molecule has 0 aromatic carbocycles. The second-order valence-electron chi connectivity index (χ2n) is 4.01. The molecule has 0 radical (unpaired) electrons. The normalized spacial score (nSPS) is 41.6. The Morgan fingerprint density at radius 1 is 1.36 bits per heavy atom. The summed E-state index contributed by atoms with van der Waals surface area (Å²) in [5.41, 5.74) is -2.33. The SMILES string of the molecule is CO[C@H]1OC(CO)(CO)[C@@H](C)[C@]1(C)O. The van der Waals surface area contributed by atoms with Gasteiger partial charge in [0, 0.05) is 13.0 Å². The number of hydrogen-bond acceptors (Lipinski definition) is 5. The minimum absolute atomic E-state index is 0.347. The molecule has 1 fully saturated rings. The molecule has 0 aliphatic carbocycles. The maximum absolute atomic E-state index is 10.0. The maximum Gasteiger partial charge on any atom is 0.186 e. The van der Waals surface area contributed by atoms with Gasteiger partial charge in [0.2, 0.25) is 0 Å². The number of ether oxygens (including phenoxy) is 2. The topological polar surface area (TPSA) is 79.2 Å². The highest BCUT2D eigenvalue weighted by Gasteiger charge is 2.59. The van der Waals surface area contributed by atoms with Gasteiger partial charge in [0.05, 0.1) is 13.2 Å². The molecule has 0 unspecified atom stereocenters. The summed E-state index contributed by atoms with van der Waals surface area (Å²) >= 11 is 0. The largest absolute Gasteiger partial charge is 0.393 e. The summed E-state index contributed by atoms with van der Waals surface area (Å²) in [6.45, 7) is 2.59. The van der Waals surface area contributed by atoms with Gasteiger partial charge in [-0.3, -0.25) is 0 Å². The Balaban J connectivity index is 2.96. The minimum Gasteiger partial charge on any atom is -0.393 e. The Hall–Kier alpha value is -0.200. The second-order valence-corrected chi connectivity index (χ2v) is 4.01. The molecule has 84 valence electrons. The van der Waals surface area contributed by atoms with Crippen LogP contribution in [-0.4, -0.2) is 53.1 Å². The van der Waals surface area contributed by atoms with E-state index in [0.717, 1.165) is 0 Å². The summed E-state index contributed by atoms with van der Waals surface area (Å²) in [7, 11) is 1.41. The first-order chi connectivity index (χ1) is 6.44. The number of methoxy groups -OCH3 is 1. The fraction of sp³-hybridized carbons (Fsp3) is 1.00. The lowest BCUT2D eigenvalue weighted by Gasteiger charge is -2.31. The van der Waals surface area contributed by atoms with Crippen molar-refractivity contribution < 1.29 is 24.8 Å². The van der Waals surface area contributed by atoms with Crippen molar-refractivity contribution in [1.82, 2.24) is 0 Å². The monoisotopic (exact) mass is 206 g/mol. The molecule has 1 saturated heterocycles. The van der Waals surface area contributed by atoms with Crippen LogP contribution in [0.3, 0.4) is 0 Å². The van der Waals surface area contributed by atoms with E-state index in [9.17, 15) is 15.3 Å². The number of aliphatic hydroxyl groups excluding tert-OH is 2. The molecule has 0 bridgehead atoms. The zero-order valence-electron chi connectivity index (χ0n) is 8.73. The van der Waals surface area contributed by atoms with Crippen LogP contribution in [0.5, 0.6) is 0 Å². The van der Waals surface area contributed by atoms with E-state index in [4.69, 9.17) is 9.47 Å². The quantitative estimate of drug-likeness (QED) is 0.557. The van der Waals surface area contributed by atoms with Gasteiger partial charge < -0.3 is 24.8 Å². The fourth-order valence-corrected chi connectivity index (χ4v) is 1.86. The van der Waals surface area contributed by atoms with Crippen molar-refractivity contribution in [2.75, 3.05) is 20.3 Å². The van der Waals surface area contributed by atoms with Crippen LogP contribution in [0.1, 0.15) is 13.8 Å². The van der Waals surface area contributed by atoms with E-state index in [2.05, 4.69) is 0 Å². The lowest BCUT2D eigenvalue weighted by Crippen LogP contribution is -2.47. The average Bonchev–Trinajstić information content (AvgIpc) is 2.37. The lowest BCUT2D eigenvalue weighted by molar-refractivity contribution is -0.211. The van der Waals surface area contributed by atoms with E-state index in [-0.39, 0.29) is 13.2 Å². The summed E-state index contributed by atoms with van der Waals surface area (Å²) in [6.07, 6.45) is -0.822. The predicted molar refractivity (Wildman–Crippen MR) is 48.6 cm³/mol. The fourth-order valence-electron chi connectivity index (χ4n) is 1.86. The molecule has 5 heteroatoms. The molecule has 0 spiro atoms. The molecule has 3 atom stereocenters. The summed E-state index contributed by atoms with van der Waals surface area (Å²) in [4.78, 5) is 0. The molecule has 1 aliphatic heterocycles. The number of aliphatic hydroxyl groups is 3. The highest BCUT2D eigenvalue weighted by molar-refractivity contribution is 5.03. The molecule has 5 nitrogen and oxygen atoms in total. The van der Waals surface area contributed by atoms with Crippen LogP contribution in [0.15, 0.2) is 0 Å². The standard InChI is InChI=1S/C9H18O5/c1-6-8(2,12)7(13-3)14-9(6,4-10)5-11/h6-7,10-12H,4-5H2,1-3H3/t6-,7-,8-/m0/s1. The first-order valence-electron chi connectivity index (χ1n) is 4.59. The molecule has 0 aromatic heterocycles. The van der Waals surface area contributed by atoms with Crippen LogP contribution in [0, 0.1) is 5.92 Å². The highest BCUT2D eigenvalue weighted by atomic mass is 16.7. The van der Waals surface area contributed by atoms with Crippen molar-refractivity contribution in [3.05, 3.63) is 0 Å². The van der Waals surface area contributed by atoms with E-state index in [1.54, 1.807) is 13.8 Å². The van der Waals surface area contributed by atoms with Crippen LogP contribution >= 0.6 is 0 Å². The Bertz CT molecular complexity index is 199. The molecular weight excluding hydrogens is 188 g/mol. The smallest absolute Gasteiger partial charge is 0.186 e. The minimum atomic E-state index is -1.21. The summed E-state index contributed by atoms with van der Waals surface area (Å²) < 4.78 is 10.3. The summed E-state index contributed by atoms with van der Waals surface area (Å²) in [5.74, 6) is -0.407. The summed E-state index contributed by atoms with van der Waals surface area (Å²) in [5, 5.41) is 28.4. The first kappa shape index (κ1) is 11.9. The molecule has 0 saturated carbocycles. The third-order valence-corrected chi connectivity index (χ3v) is 3.23. The lowest BCUT2D eigenvalue weighted by atomic mass is 9.81. The van der Waals surface area contributed by atoms with Crippen molar-refractivity contribution >= 4 is 0 Å². The van der Waals surface area contributed by atoms with Gasteiger partial charge in [0.1, 0.15) is 11.2 Å². The van der Waals surface area contributed by atoms with Crippen molar-refractivity contribution in [2.24, 2.45) is 5.92 Å². The molecule has 0 amide bonds. The van der Waals surface area contributed by atoms with Gasteiger partial charge in [0.25, 0.3) is 0 Å². The molecule has 1 rings (SSSR count). The van der Waals surface area contributed by atoms with E-state index in [1.165, 1.54) is 7.11 Å². The molecular formula is C9H18O5. The van der Waals surface area contributed by atoms with Crippen LogP contribution < -0.4 is 0 Å². The van der Waals surface area contributed by atoms with Crippen LogP contribution in [0.2, 0.25) is 0 Å². The van der Waals surface area contributed by atoms with Crippen molar-refractivity contribution in [2.45, 2.75) is 31.3 Å². The van der Waals surface area contributed by atoms with Gasteiger partial charge in [-0.1, -0.05) is 6.92 Å². The van der Waals surface area contributed by atoms with Crippen LogP contribution in [0.4, 0.5) is 0 Å². The van der Waals surface area contributed by atoms with E-state index < -0.39 is 23.4 Å².